The third-order valence-corrected chi connectivity index (χ3v) is 10.4. The topological polar surface area (TPSA) is 124 Å². The average molecular weight is 690 g/mol. The molecule has 0 saturated carbocycles. The van der Waals surface area contributed by atoms with Crippen molar-refractivity contribution in [3.63, 3.8) is 0 Å². The van der Waals surface area contributed by atoms with Gasteiger partial charge in [-0.1, -0.05) is 206 Å². The van der Waals surface area contributed by atoms with Crippen LogP contribution in [0.2, 0.25) is 0 Å². The molecule has 1 amide bonds. The fourth-order valence-corrected chi connectivity index (χ4v) is 7.28. The zero-order chi connectivity index (χ0) is 34.9. The van der Waals surface area contributed by atoms with Crippen LogP contribution in [0.15, 0.2) is 0 Å². The molecule has 3 unspecified atom stereocenters. The summed E-state index contributed by atoms with van der Waals surface area (Å²) in [5.74, 6) is -1.44. The van der Waals surface area contributed by atoms with Crippen LogP contribution in [0.25, 0.3) is 0 Å². The van der Waals surface area contributed by atoms with Gasteiger partial charge in [0.15, 0.2) is 0 Å². The van der Waals surface area contributed by atoms with E-state index in [9.17, 15) is 28.0 Å². The summed E-state index contributed by atoms with van der Waals surface area (Å²) in [4.78, 5) is 12.6. The zero-order valence-electron chi connectivity index (χ0n) is 31.0. The van der Waals surface area contributed by atoms with Gasteiger partial charge < -0.3 is 15.5 Å². The molecule has 282 valence electrons. The van der Waals surface area contributed by atoms with Crippen LogP contribution in [-0.4, -0.2) is 53.1 Å². The predicted molar refractivity (Wildman–Crippen MR) is 199 cm³/mol. The van der Waals surface area contributed by atoms with Crippen LogP contribution >= 0.6 is 0 Å². The van der Waals surface area contributed by atoms with Crippen LogP contribution in [0.1, 0.15) is 219 Å². The van der Waals surface area contributed by atoms with Crippen LogP contribution in [0.5, 0.6) is 0 Å². The van der Waals surface area contributed by atoms with Gasteiger partial charge in [-0.2, -0.15) is 8.42 Å². The molecule has 47 heavy (non-hydrogen) atoms. The Morgan fingerprint density at radius 1 is 0.489 bits per heavy atom. The first-order valence-corrected chi connectivity index (χ1v) is 21.9. The Morgan fingerprint density at radius 2 is 0.766 bits per heavy atom. The highest BCUT2D eigenvalue weighted by molar-refractivity contribution is 7.85. The molecule has 0 aromatic rings. The number of unbranched alkanes of at least 4 members (excludes halogenated alkanes) is 28. The van der Waals surface area contributed by atoms with E-state index < -0.39 is 40.0 Å². The molecule has 7 nitrogen and oxygen atoms in total. The Kier molecular flexibility index (Phi) is 33.3. The van der Waals surface area contributed by atoms with Crippen molar-refractivity contribution in [3.05, 3.63) is 0 Å². The molecule has 0 aliphatic rings. The lowest BCUT2D eigenvalue weighted by atomic mass is 10.0. The van der Waals surface area contributed by atoms with E-state index in [2.05, 4.69) is 19.2 Å². The Bertz CT molecular complexity index is 777. The summed E-state index contributed by atoms with van der Waals surface area (Å²) in [6.07, 6.45) is 35.4. The van der Waals surface area contributed by atoms with Crippen molar-refractivity contribution in [2.45, 2.75) is 238 Å². The normalized spacial score (nSPS) is 13.9. The van der Waals surface area contributed by atoms with E-state index in [1.807, 2.05) is 0 Å². The summed E-state index contributed by atoms with van der Waals surface area (Å²) < 4.78 is 32.5. The van der Waals surface area contributed by atoms with E-state index in [0.717, 1.165) is 44.9 Å². The molecule has 0 aromatic carbocycles. The number of carbonyl (C=O) groups excluding carboxylic acids is 1. The molecule has 0 aliphatic carbocycles. The molecule has 0 aromatic heterocycles. The van der Waals surface area contributed by atoms with E-state index in [0.29, 0.717) is 12.8 Å². The smallest absolute Gasteiger partial charge is 0.266 e. The van der Waals surface area contributed by atoms with Crippen molar-refractivity contribution < 1.29 is 28.0 Å². The summed E-state index contributed by atoms with van der Waals surface area (Å²) >= 11 is 0. The average Bonchev–Trinajstić information content (AvgIpc) is 3.03. The molecule has 0 bridgehead atoms. The van der Waals surface area contributed by atoms with Crippen molar-refractivity contribution >= 4 is 16.0 Å². The zero-order valence-corrected chi connectivity index (χ0v) is 31.9. The number of aliphatic hydroxyl groups excluding tert-OH is 2. The van der Waals surface area contributed by atoms with Crippen molar-refractivity contribution in [3.8, 4) is 0 Å². The van der Waals surface area contributed by atoms with Crippen LogP contribution in [0.4, 0.5) is 0 Å². The lowest BCUT2D eigenvalue weighted by Crippen LogP contribution is -2.50. The molecule has 0 heterocycles. The van der Waals surface area contributed by atoms with Gasteiger partial charge in [-0.15, -0.1) is 0 Å². The first kappa shape index (κ1) is 46.3. The summed E-state index contributed by atoms with van der Waals surface area (Å²) in [5.41, 5.74) is 0. The summed E-state index contributed by atoms with van der Waals surface area (Å²) in [7, 11) is -4.40. The standard InChI is InChI=1S/C39H79NO6S/c1-3-5-7-9-11-13-15-17-18-19-20-22-23-25-27-29-31-33-37(41)36(35-47(44,45)46)40-39(43)38(42)34-32-30-28-26-24-21-16-14-12-10-8-6-4-2/h36-38,41-42H,3-35H2,1-2H3,(H,40,43)(H,44,45,46). The Hall–Kier alpha value is -0.700. The molecular formula is C39H79NO6S. The molecular weight excluding hydrogens is 610 g/mol. The number of nitrogens with one attached hydrogen (secondary N) is 1. The van der Waals surface area contributed by atoms with E-state index >= 15 is 0 Å². The Balaban J connectivity index is 3.96. The van der Waals surface area contributed by atoms with Gasteiger partial charge in [-0.25, -0.2) is 0 Å². The van der Waals surface area contributed by atoms with Crippen LogP contribution in [-0.2, 0) is 14.9 Å². The second-order valence-electron chi connectivity index (χ2n) is 14.4. The number of rotatable bonds is 37. The third kappa shape index (κ3) is 33.6. The second kappa shape index (κ2) is 33.8. The summed E-state index contributed by atoms with van der Waals surface area (Å²) in [6, 6.07) is -1.14. The van der Waals surface area contributed by atoms with Gasteiger partial charge in [0.25, 0.3) is 10.1 Å². The highest BCUT2D eigenvalue weighted by atomic mass is 32.2. The van der Waals surface area contributed by atoms with Gasteiger partial charge in [0.2, 0.25) is 5.91 Å². The number of aliphatic hydroxyl groups is 2. The molecule has 8 heteroatoms. The van der Waals surface area contributed by atoms with Crippen molar-refractivity contribution in [2.24, 2.45) is 0 Å². The molecule has 0 aliphatic heterocycles. The van der Waals surface area contributed by atoms with Crippen molar-refractivity contribution in [1.29, 1.82) is 0 Å². The van der Waals surface area contributed by atoms with Gasteiger partial charge in [0.1, 0.15) is 6.10 Å². The van der Waals surface area contributed by atoms with E-state index in [-0.39, 0.29) is 0 Å². The second-order valence-corrected chi connectivity index (χ2v) is 15.9. The maximum atomic E-state index is 12.6. The number of hydrogen-bond donors (Lipinski definition) is 4. The van der Waals surface area contributed by atoms with Gasteiger partial charge in [-0.05, 0) is 12.8 Å². The highest BCUT2D eigenvalue weighted by Crippen LogP contribution is 2.17. The number of carbonyl (C=O) groups is 1. The first-order valence-electron chi connectivity index (χ1n) is 20.3. The van der Waals surface area contributed by atoms with Crippen molar-refractivity contribution in [1.82, 2.24) is 5.32 Å². The molecule has 0 saturated heterocycles. The van der Waals surface area contributed by atoms with E-state index in [1.165, 1.54) is 148 Å². The molecule has 0 fully saturated rings. The third-order valence-electron chi connectivity index (χ3n) is 9.67. The molecule has 3 atom stereocenters. The fourth-order valence-electron chi connectivity index (χ4n) is 6.52. The molecule has 0 radical (unpaired) electrons. The van der Waals surface area contributed by atoms with E-state index in [4.69, 9.17) is 0 Å². The first-order chi connectivity index (χ1) is 22.7. The number of amides is 1. The van der Waals surface area contributed by atoms with E-state index in [1.54, 1.807) is 0 Å². The largest absolute Gasteiger partial charge is 0.391 e. The van der Waals surface area contributed by atoms with Gasteiger partial charge >= 0.3 is 0 Å². The summed E-state index contributed by atoms with van der Waals surface area (Å²) in [6.45, 7) is 4.51. The van der Waals surface area contributed by atoms with Gasteiger partial charge in [0.05, 0.1) is 17.9 Å². The Labute approximate surface area is 292 Å². The lowest BCUT2D eigenvalue weighted by Gasteiger charge is -2.24. The maximum Gasteiger partial charge on any atom is 0.266 e. The number of hydrogen-bond acceptors (Lipinski definition) is 5. The summed E-state index contributed by atoms with van der Waals surface area (Å²) in [5, 5.41) is 23.5. The monoisotopic (exact) mass is 690 g/mol. The lowest BCUT2D eigenvalue weighted by molar-refractivity contribution is -0.131. The maximum absolute atomic E-state index is 12.6. The quantitative estimate of drug-likeness (QED) is 0.0380. The minimum Gasteiger partial charge on any atom is -0.391 e. The SMILES string of the molecule is CCCCCCCCCCCCCCCCCCCC(O)C(CS(=O)(=O)O)NC(=O)C(O)CCCCCCCCCCCCCCC. The minimum absolute atomic E-state index is 0.303. The Morgan fingerprint density at radius 3 is 1.06 bits per heavy atom. The molecule has 0 rings (SSSR count). The van der Waals surface area contributed by atoms with Gasteiger partial charge in [-0.3, -0.25) is 9.35 Å². The molecule has 0 spiro atoms. The minimum atomic E-state index is -4.40. The highest BCUT2D eigenvalue weighted by Gasteiger charge is 2.28. The van der Waals surface area contributed by atoms with Crippen LogP contribution < -0.4 is 5.32 Å². The fraction of sp³-hybridized carbons (Fsp3) is 0.974. The van der Waals surface area contributed by atoms with Gasteiger partial charge in [0, 0.05) is 0 Å². The molecule has 4 N–H and O–H groups in total. The predicted octanol–water partition coefficient (Wildman–Crippen LogP) is 10.6. The van der Waals surface area contributed by atoms with Crippen LogP contribution in [0.3, 0.4) is 0 Å². The van der Waals surface area contributed by atoms with Crippen LogP contribution in [0, 0.1) is 0 Å². The van der Waals surface area contributed by atoms with Crippen molar-refractivity contribution in [2.75, 3.05) is 5.75 Å².